The molecule has 0 bridgehead atoms. The minimum absolute atomic E-state index is 0.0671. The first-order valence-corrected chi connectivity index (χ1v) is 6.04. The Bertz CT molecular complexity index is 241. The van der Waals surface area contributed by atoms with Gasteiger partial charge in [0.1, 0.15) is 6.10 Å². The van der Waals surface area contributed by atoms with E-state index >= 15 is 0 Å². The van der Waals surface area contributed by atoms with Crippen LogP contribution in [0.5, 0.6) is 0 Å². The van der Waals surface area contributed by atoms with Crippen LogP contribution in [0.2, 0.25) is 0 Å². The number of ether oxygens (including phenoxy) is 1. The Hall–Kier alpha value is -1.03. The van der Waals surface area contributed by atoms with Gasteiger partial charge >= 0.3 is 6.09 Å². The molecule has 2 N–H and O–H groups in total. The van der Waals surface area contributed by atoms with E-state index in [0.29, 0.717) is 6.04 Å². The number of carbonyl (C=O) groups is 1. The van der Waals surface area contributed by atoms with Crippen LogP contribution in [0.3, 0.4) is 0 Å². The molecule has 0 aromatic carbocycles. The topological polar surface area (TPSA) is 50.4 Å². The number of carbonyl (C=O) groups excluding carboxylic acids is 1. The molecule has 0 aliphatic heterocycles. The van der Waals surface area contributed by atoms with Gasteiger partial charge in [-0.25, -0.2) is 4.79 Å². The van der Waals surface area contributed by atoms with Gasteiger partial charge in [0.2, 0.25) is 0 Å². The van der Waals surface area contributed by atoms with E-state index in [1.54, 1.807) is 7.05 Å². The van der Waals surface area contributed by atoms with Crippen molar-refractivity contribution in [1.82, 2.24) is 10.6 Å². The molecule has 1 aliphatic carbocycles. The fourth-order valence-electron chi connectivity index (χ4n) is 1.94. The number of amides is 1. The van der Waals surface area contributed by atoms with E-state index in [9.17, 15) is 4.79 Å². The molecular weight excluding hydrogens is 204 g/mol. The molecule has 92 valence electrons. The Morgan fingerprint density at radius 2 is 2.31 bits per heavy atom. The van der Waals surface area contributed by atoms with Gasteiger partial charge in [0.15, 0.2) is 0 Å². The van der Waals surface area contributed by atoms with Crippen LogP contribution in [0.1, 0.15) is 32.6 Å². The standard InChI is InChI=1S/C12H22N2O2/c1-3-14-10-6-4-8-11(9-5-7-10)16-12(15)13-2/h4,8,10-11,14H,3,5-7,9H2,1-2H3,(H,13,15)/b8-4+. The van der Waals surface area contributed by atoms with Gasteiger partial charge in [-0.15, -0.1) is 0 Å². The number of alkyl carbamates (subject to hydrolysis) is 1. The van der Waals surface area contributed by atoms with E-state index in [2.05, 4.69) is 23.6 Å². The molecule has 0 heterocycles. The summed E-state index contributed by atoms with van der Waals surface area (Å²) >= 11 is 0. The van der Waals surface area contributed by atoms with Gasteiger partial charge in [-0.3, -0.25) is 0 Å². The Kier molecular flexibility index (Phi) is 5.93. The van der Waals surface area contributed by atoms with Crippen LogP contribution in [0.25, 0.3) is 0 Å². The lowest BCUT2D eigenvalue weighted by molar-refractivity contribution is 0.115. The number of rotatable bonds is 3. The predicted molar refractivity (Wildman–Crippen MR) is 64.4 cm³/mol. The van der Waals surface area contributed by atoms with Crippen molar-refractivity contribution >= 4 is 6.09 Å². The maximum atomic E-state index is 11.1. The first-order chi connectivity index (χ1) is 7.76. The summed E-state index contributed by atoms with van der Waals surface area (Å²) in [6.45, 7) is 3.14. The van der Waals surface area contributed by atoms with Gasteiger partial charge < -0.3 is 15.4 Å². The molecule has 4 nitrogen and oxygen atoms in total. The molecule has 0 aromatic heterocycles. The van der Waals surface area contributed by atoms with Crippen LogP contribution < -0.4 is 10.6 Å². The van der Waals surface area contributed by atoms with Gasteiger partial charge in [0.25, 0.3) is 0 Å². The van der Waals surface area contributed by atoms with Gasteiger partial charge in [0, 0.05) is 13.1 Å². The van der Waals surface area contributed by atoms with Gasteiger partial charge in [0.05, 0.1) is 0 Å². The van der Waals surface area contributed by atoms with Gasteiger partial charge in [-0.05, 0) is 38.3 Å². The normalized spacial score (nSPS) is 27.6. The summed E-state index contributed by atoms with van der Waals surface area (Å²) in [4.78, 5) is 11.1. The molecular formula is C12H22N2O2. The highest BCUT2D eigenvalue weighted by Crippen LogP contribution is 2.15. The minimum atomic E-state index is -0.349. The SMILES string of the molecule is CCNC1C/C=C/C(OC(=O)NC)CCC1. The molecule has 0 saturated carbocycles. The number of hydrogen-bond acceptors (Lipinski definition) is 3. The summed E-state index contributed by atoms with van der Waals surface area (Å²) in [6, 6.07) is 0.571. The summed E-state index contributed by atoms with van der Waals surface area (Å²) < 4.78 is 5.21. The largest absolute Gasteiger partial charge is 0.442 e. The summed E-state index contributed by atoms with van der Waals surface area (Å²) in [6.07, 6.45) is 7.85. The zero-order valence-electron chi connectivity index (χ0n) is 10.2. The summed E-state index contributed by atoms with van der Waals surface area (Å²) in [5, 5.41) is 5.92. The van der Waals surface area contributed by atoms with Crippen molar-refractivity contribution in [3.05, 3.63) is 12.2 Å². The third-order valence-corrected chi connectivity index (χ3v) is 2.77. The monoisotopic (exact) mass is 226 g/mol. The van der Waals surface area contributed by atoms with Crippen molar-refractivity contribution in [2.24, 2.45) is 0 Å². The third-order valence-electron chi connectivity index (χ3n) is 2.77. The van der Waals surface area contributed by atoms with E-state index < -0.39 is 0 Å². The maximum Gasteiger partial charge on any atom is 0.407 e. The molecule has 1 aliphatic rings. The fraction of sp³-hybridized carbons (Fsp3) is 0.750. The molecule has 0 spiro atoms. The van der Waals surface area contributed by atoms with Crippen molar-refractivity contribution in [2.75, 3.05) is 13.6 Å². The minimum Gasteiger partial charge on any atom is -0.442 e. The Labute approximate surface area is 97.4 Å². The quantitative estimate of drug-likeness (QED) is 0.722. The van der Waals surface area contributed by atoms with E-state index in [1.807, 2.05) is 6.08 Å². The second kappa shape index (κ2) is 7.28. The van der Waals surface area contributed by atoms with Gasteiger partial charge in [-0.2, -0.15) is 0 Å². The third kappa shape index (κ3) is 4.66. The Morgan fingerprint density at radius 3 is 3.00 bits per heavy atom. The summed E-state index contributed by atoms with van der Waals surface area (Å²) in [5.41, 5.74) is 0. The van der Waals surface area contributed by atoms with Crippen LogP contribution in [0, 0.1) is 0 Å². The number of hydrogen-bond donors (Lipinski definition) is 2. The highest BCUT2D eigenvalue weighted by molar-refractivity contribution is 5.67. The summed E-state index contributed by atoms with van der Waals surface area (Å²) in [7, 11) is 1.58. The maximum absolute atomic E-state index is 11.1. The first-order valence-electron chi connectivity index (χ1n) is 6.04. The molecule has 2 atom stereocenters. The Morgan fingerprint density at radius 1 is 1.50 bits per heavy atom. The van der Waals surface area contributed by atoms with Crippen LogP contribution in [-0.2, 0) is 4.74 Å². The molecule has 1 amide bonds. The van der Waals surface area contributed by atoms with Crippen molar-refractivity contribution in [3.63, 3.8) is 0 Å². The van der Waals surface area contributed by atoms with Crippen molar-refractivity contribution in [1.29, 1.82) is 0 Å². The molecule has 0 saturated heterocycles. The van der Waals surface area contributed by atoms with Crippen LogP contribution in [-0.4, -0.2) is 31.8 Å². The second-order valence-electron chi connectivity index (χ2n) is 4.04. The second-order valence-corrected chi connectivity index (χ2v) is 4.04. The molecule has 2 unspecified atom stereocenters. The lowest BCUT2D eigenvalue weighted by Crippen LogP contribution is -2.30. The summed E-state index contributed by atoms with van der Waals surface area (Å²) in [5.74, 6) is 0. The lowest BCUT2D eigenvalue weighted by Gasteiger charge is -2.21. The molecule has 16 heavy (non-hydrogen) atoms. The van der Waals surface area contributed by atoms with E-state index in [0.717, 1.165) is 32.2 Å². The van der Waals surface area contributed by atoms with E-state index in [1.165, 1.54) is 0 Å². The highest BCUT2D eigenvalue weighted by atomic mass is 16.6. The van der Waals surface area contributed by atoms with Crippen LogP contribution in [0.15, 0.2) is 12.2 Å². The zero-order valence-corrected chi connectivity index (χ0v) is 10.2. The van der Waals surface area contributed by atoms with Crippen molar-refractivity contribution in [2.45, 2.75) is 44.8 Å². The van der Waals surface area contributed by atoms with Crippen molar-refractivity contribution in [3.8, 4) is 0 Å². The average molecular weight is 226 g/mol. The smallest absolute Gasteiger partial charge is 0.407 e. The number of nitrogens with one attached hydrogen (secondary N) is 2. The zero-order chi connectivity index (χ0) is 11.8. The molecule has 0 aromatic rings. The van der Waals surface area contributed by atoms with Crippen molar-refractivity contribution < 1.29 is 9.53 Å². The fourth-order valence-corrected chi connectivity index (χ4v) is 1.94. The average Bonchev–Trinajstić information content (AvgIpc) is 2.24. The van der Waals surface area contributed by atoms with Crippen LogP contribution >= 0.6 is 0 Å². The van der Waals surface area contributed by atoms with Crippen LogP contribution in [0.4, 0.5) is 4.79 Å². The Balaban J connectivity index is 2.39. The highest BCUT2D eigenvalue weighted by Gasteiger charge is 2.14. The lowest BCUT2D eigenvalue weighted by atomic mass is 10.00. The molecule has 4 heteroatoms. The first kappa shape index (κ1) is 13.0. The molecule has 1 rings (SSSR count). The van der Waals surface area contributed by atoms with Gasteiger partial charge in [-0.1, -0.05) is 13.0 Å². The molecule has 0 fully saturated rings. The molecule has 0 radical (unpaired) electrons. The van der Waals surface area contributed by atoms with E-state index in [-0.39, 0.29) is 12.2 Å². The predicted octanol–water partition coefficient (Wildman–Crippen LogP) is 1.82. The van der Waals surface area contributed by atoms with E-state index in [4.69, 9.17) is 4.74 Å².